The molecule has 4 N–H and O–H groups in total. The minimum absolute atomic E-state index is 0.00406. The largest absolute Gasteiger partial charge is 0.382 e. The fraction of sp³-hybridized carbons (Fsp3) is 0.217. The normalized spacial score (nSPS) is 12.2. The lowest BCUT2D eigenvalue weighted by molar-refractivity contribution is 0.586. The summed E-state index contributed by atoms with van der Waals surface area (Å²) in [5.41, 5.74) is 8.81. The van der Waals surface area contributed by atoms with Crippen LogP contribution in [0.3, 0.4) is 0 Å². The number of fused-ring (bicyclic) bond motifs is 2. The van der Waals surface area contributed by atoms with Gasteiger partial charge in [0.25, 0.3) is 0 Å². The molecule has 186 valence electrons. The average Bonchev–Trinajstić information content (AvgIpc) is 3.39. The Balaban J connectivity index is 1.71. The van der Waals surface area contributed by atoms with Crippen LogP contribution in [0.25, 0.3) is 27.8 Å². The summed E-state index contributed by atoms with van der Waals surface area (Å²) < 4.78 is 41.0. The molecule has 0 amide bonds. The van der Waals surface area contributed by atoms with Gasteiger partial charge in [0.05, 0.1) is 28.0 Å². The summed E-state index contributed by atoms with van der Waals surface area (Å²) in [6, 6.07) is 6.86. The van der Waals surface area contributed by atoms with Gasteiger partial charge in [0, 0.05) is 17.7 Å². The monoisotopic (exact) mass is 510 g/mol. The number of imidazole rings is 1. The number of halogens is 1. The summed E-state index contributed by atoms with van der Waals surface area (Å²) in [6.45, 7) is 5.60. The molecule has 0 saturated heterocycles. The summed E-state index contributed by atoms with van der Waals surface area (Å²) in [7, 11) is -3.57. The predicted molar refractivity (Wildman–Crippen MR) is 135 cm³/mol. The van der Waals surface area contributed by atoms with E-state index in [0.717, 1.165) is 28.8 Å². The lowest BCUT2D eigenvalue weighted by atomic mass is 10.1. The third kappa shape index (κ3) is 3.68. The number of rotatable bonds is 5. The number of anilines is 3. The number of aryl methyl sites for hydroxylation is 1. The number of nitrogens with one attached hydrogen (secondary N) is 2. The van der Waals surface area contributed by atoms with E-state index in [-0.39, 0.29) is 39.7 Å². The molecule has 2 aromatic carbocycles. The van der Waals surface area contributed by atoms with Crippen molar-refractivity contribution in [2.45, 2.75) is 31.7 Å². The van der Waals surface area contributed by atoms with Gasteiger partial charge in [0.2, 0.25) is 5.95 Å². The minimum Gasteiger partial charge on any atom is -0.382 e. The van der Waals surface area contributed by atoms with E-state index in [9.17, 15) is 17.6 Å². The number of nitrogens with two attached hydrogens (primary N) is 1. The van der Waals surface area contributed by atoms with Crippen molar-refractivity contribution in [2.75, 3.05) is 17.3 Å². The fourth-order valence-corrected chi connectivity index (χ4v) is 4.82. The molecule has 0 radical (unpaired) electrons. The first-order chi connectivity index (χ1) is 17.0. The van der Waals surface area contributed by atoms with E-state index in [4.69, 9.17) is 5.73 Å². The van der Waals surface area contributed by atoms with Crippen molar-refractivity contribution in [3.8, 4) is 5.69 Å². The van der Waals surface area contributed by atoms with Crippen LogP contribution in [0.2, 0.25) is 0 Å². The van der Waals surface area contributed by atoms with Gasteiger partial charge < -0.3 is 11.1 Å². The Bertz CT molecular complexity index is 1840. The number of nitrogen functional groups attached to an aromatic ring is 1. The Morgan fingerprint density at radius 1 is 1.17 bits per heavy atom. The molecule has 0 fully saturated rings. The first-order valence-corrected chi connectivity index (χ1v) is 12.9. The van der Waals surface area contributed by atoms with E-state index >= 15 is 0 Å². The van der Waals surface area contributed by atoms with Crippen molar-refractivity contribution in [3.63, 3.8) is 0 Å². The summed E-state index contributed by atoms with van der Waals surface area (Å²) >= 11 is 0. The maximum Gasteiger partial charge on any atom is 0.335 e. The van der Waals surface area contributed by atoms with E-state index in [2.05, 4.69) is 25.5 Å². The van der Waals surface area contributed by atoms with Gasteiger partial charge in [-0.25, -0.2) is 17.6 Å². The Hall–Kier alpha value is -4.26. The third-order valence-electron chi connectivity index (χ3n) is 5.92. The van der Waals surface area contributed by atoms with Crippen LogP contribution < -0.4 is 16.7 Å². The van der Waals surface area contributed by atoms with E-state index in [0.29, 0.717) is 11.2 Å². The molecular formula is C23H23FN8O3S. The van der Waals surface area contributed by atoms with Crippen molar-refractivity contribution in [1.29, 1.82) is 0 Å². The number of H-pyrrole nitrogens is 1. The highest BCUT2D eigenvalue weighted by molar-refractivity contribution is 7.90. The van der Waals surface area contributed by atoms with Gasteiger partial charge in [-0.05, 0) is 50.6 Å². The molecule has 0 atom stereocenters. The van der Waals surface area contributed by atoms with Crippen molar-refractivity contribution in [1.82, 2.24) is 29.3 Å². The van der Waals surface area contributed by atoms with Gasteiger partial charge in [-0.15, -0.1) is 0 Å². The van der Waals surface area contributed by atoms with Crippen LogP contribution in [0.1, 0.15) is 25.5 Å². The second-order valence-corrected chi connectivity index (χ2v) is 10.8. The van der Waals surface area contributed by atoms with E-state index in [1.54, 1.807) is 6.20 Å². The highest BCUT2D eigenvalue weighted by Crippen LogP contribution is 2.30. The van der Waals surface area contributed by atoms with Gasteiger partial charge in [-0.3, -0.25) is 14.2 Å². The van der Waals surface area contributed by atoms with Crippen LogP contribution in [0.5, 0.6) is 0 Å². The molecule has 36 heavy (non-hydrogen) atoms. The molecule has 0 aliphatic heterocycles. The second kappa shape index (κ2) is 8.16. The molecule has 13 heteroatoms. The number of aromatic nitrogens is 6. The molecule has 11 nitrogen and oxygen atoms in total. The summed E-state index contributed by atoms with van der Waals surface area (Å²) in [6.07, 6.45) is 2.63. The molecule has 0 unspecified atom stereocenters. The lowest BCUT2D eigenvalue weighted by Crippen LogP contribution is -2.24. The maximum atomic E-state index is 14.6. The molecule has 0 aliphatic rings. The fourth-order valence-electron chi connectivity index (χ4n) is 4.18. The third-order valence-corrected chi connectivity index (χ3v) is 7.03. The van der Waals surface area contributed by atoms with E-state index < -0.39 is 15.7 Å². The van der Waals surface area contributed by atoms with Crippen molar-refractivity contribution < 1.29 is 12.8 Å². The first kappa shape index (κ1) is 23.5. The molecule has 5 rings (SSSR count). The Morgan fingerprint density at radius 3 is 2.58 bits per heavy atom. The average molecular weight is 511 g/mol. The van der Waals surface area contributed by atoms with Gasteiger partial charge in [0.1, 0.15) is 11.3 Å². The Labute approximate surface area is 204 Å². The van der Waals surface area contributed by atoms with Crippen LogP contribution in [0, 0.1) is 12.7 Å². The van der Waals surface area contributed by atoms with Gasteiger partial charge in [0.15, 0.2) is 21.3 Å². The van der Waals surface area contributed by atoms with Crippen LogP contribution >= 0.6 is 0 Å². The molecule has 0 aliphatic carbocycles. The topological polar surface area (TPSA) is 154 Å². The summed E-state index contributed by atoms with van der Waals surface area (Å²) in [5, 5.41) is 10.5. The number of sulfone groups is 1. The molecule has 5 aromatic rings. The van der Waals surface area contributed by atoms with E-state index in [1.165, 1.54) is 21.3 Å². The standard InChI is InChI=1S/C23H23FN8O3S/c1-11(2)31-21-19(32(23(31)33)17-8-5-12(3)18-14(17)10-26-30-18)20(25)28-22(29-21)27-16-7-6-13(9-15(16)24)36(4,34)35/h5-11H,1-4H3,(H,26,30)(H3,25,27,28,29). The van der Waals surface area contributed by atoms with Gasteiger partial charge in [-0.1, -0.05) is 6.07 Å². The van der Waals surface area contributed by atoms with Crippen molar-refractivity contribution >= 4 is 49.4 Å². The van der Waals surface area contributed by atoms with Crippen molar-refractivity contribution in [2.24, 2.45) is 0 Å². The number of hydrogen-bond donors (Lipinski definition) is 3. The zero-order chi connectivity index (χ0) is 25.9. The Morgan fingerprint density at radius 2 is 1.92 bits per heavy atom. The SMILES string of the molecule is Cc1ccc(-n2c(=O)n(C(C)C)c3nc(Nc4ccc(S(C)(=O)=O)cc4F)nc(N)c32)c2cn[nH]c12. The zero-order valence-electron chi connectivity index (χ0n) is 19.9. The van der Waals surface area contributed by atoms with Crippen molar-refractivity contribution in [3.05, 3.63) is 58.4 Å². The zero-order valence-corrected chi connectivity index (χ0v) is 20.7. The molecule has 3 heterocycles. The lowest BCUT2D eigenvalue weighted by Gasteiger charge is -2.11. The summed E-state index contributed by atoms with van der Waals surface area (Å²) in [5.74, 6) is -0.847. The highest BCUT2D eigenvalue weighted by atomic mass is 32.2. The first-order valence-electron chi connectivity index (χ1n) is 11.0. The smallest absolute Gasteiger partial charge is 0.335 e. The predicted octanol–water partition coefficient (Wildman–Crippen LogP) is 3.22. The molecule has 3 aromatic heterocycles. The molecule has 0 saturated carbocycles. The van der Waals surface area contributed by atoms with Crippen LogP contribution in [0.4, 0.5) is 21.8 Å². The molecule has 0 spiro atoms. The number of benzene rings is 2. The number of aromatic amines is 1. The van der Waals surface area contributed by atoms with Gasteiger partial charge >= 0.3 is 5.69 Å². The highest BCUT2D eigenvalue weighted by Gasteiger charge is 2.24. The van der Waals surface area contributed by atoms with Crippen LogP contribution in [-0.2, 0) is 9.84 Å². The second-order valence-electron chi connectivity index (χ2n) is 8.79. The molecule has 0 bridgehead atoms. The minimum atomic E-state index is -3.57. The molecular weight excluding hydrogens is 487 g/mol. The van der Waals surface area contributed by atoms with Crippen LogP contribution in [-0.4, -0.2) is 44.0 Å². The Kier molecular flexibility index (Phi) is 5.32. The number of hydrogen-bond acceptors (Lipinski definition) is 8. The van der Waals surface area contributed by atoms with Gasteiger partial charge in [-0.2, -0.15) is 15.1 Å². The van der Waals surface area contributed by atoms with Crippen LogP contribution in [0.15, 0.2) is 46.2 Å². The van der Waals surface area contributed by atoms with E-state index in [1.807, 2.05) is 32.9 Å². The number of nitrogens with zero attached hydrogens (tertiary/aromatic N) is 5. The maximum absolute atomic E-state index is 14.6. The quantitative estimate of drug-likeness (QED) is 0.326. The summed E-state index contributed by atoms with van der Waals surface area (Å²) in [4.78, 5) is 22.2.